The van der Waals surface area contributed by atoms with Crippen LogP contribution in [0.2, 0.25) is 0 Å². The lowest BCUT2D eigenvalue weighted by molar-refractivity contribution is -0.153. The second-order valence-corrected chi connectivity index (χ2v) is 5.99. The third-order valence-electron chi connectivity index (χ3n) is 4.20. The topological polar surface area (TPSA) is 82.5 Å². The Bertz CT molecular complexity index is 561. The number of piperidine rings is 1. The molecule has 6 heteroatoms. The second-order valence-electron chi connectivity index (χ2n) is 5.99. The number of allylic oxidation sites excluding steroid dienone is 1. The van der Waals surface area contributed by atoms with Gasteiger partial charge in [0.25, 0.3) is 0 Å². The van der Waals surface area contributed by atoms with Crippen LogP contribution in [-0.4, -0.2) is 46.5 Å². The van der Waals surface area contributed by atoms with Crippen molar-refractivity contribution < 1.29 is 14.7 Å². The lowest BCUT2D eigenvalue weighted by Crippen LogP contribution is -2.50. The van der Waals surface area contributed by atoms with Crippen LogP contribution >= 0.6 is 0 Å². The fourth-order valence-electron chi connectivity index (χ4n) is 3.02. The van der Waals surface area contributed by atoms with Crippen LogP contribution < -0.4 is 5.32 Å². The van der Waals surface area contributed by atoms with Gasteiger partial charge in [0, 0.05) is 12.7 Å². The number of pyridine rings is 1. The Morgan fingerprint density at radius 3 is 2.96 bits per heavy atom. The van der Waals surface area contributed by atoms with Gasteiger partial charge in [-0.3, -0.25) is 19.5 Å². The van der Waals surface area contributed by atoms with Gasteiger partial charge in [0.1, 0.15) is 0 Å². The molecule has 1 aromatic heterocycles. The molecule has 0 spiro atoms. The van der Waals surface area contributed by atoms with Crippen molar-refractivity contribution in [3.8, 4) is 0 Å². The molecule has 1 fully saturated rings. The van der Waals surface area contributed by atoms with Crippen molar-refractivity contribution in [2.45, 2.75) is 25.8 Å². The third kappa shape index (κ3) is 4.63. The number of likely N-dealkylation sites (tertiary alicyclic amines) is 1. The molecule has 124 valence electrons. The van der Waals surface area contributed by atoms with E-state index < -0.39 is 11.4 Å². The first-order valence-corrected chi connectivity index (χ1v) is 7.79. The van der Waals surface area contributed by atoms with E-state index in [1.807, 2.05) is 23.1 Å². The average Bonchev–Trinajstić information content (AvgIpc) is 2.54. The average molecular weight is 317 g/mol. The number of rotatable bonds is 7. The Labute approximate surface area is 136 Å². The lowest BCUT2D eigenvalue weighted by atomic mass is 9.77. The zero-order valence-electron chi connectivity index (χ0n) is 13.2. The molecule has 2 rings (SSSR count). The van der Waals surface area contributed by atoms with Gasteiger partial charge in [0.05, 0.1) is 24.2 Å². The summed E-state index contributed by atoms with van der Waals surface area (Å²) >= 11 is 0. The van der Waals surface area contributed by atoms with Crippen molar-refractivity contribution in [2.75, 3.05) is 19.6 Å². The van der Waals surface area contributed by atoms with Crippen LogP contribution in [0.3, 0.4) is 0 Å². The number of carbonyl (C=O) groups excluding carboxylic acids is 1. The molecule has 0 radical (unpaired) electrons. The van der Waals surface area contributed by atoms with Gasteiger partial charge < -0.3 is 10.4 Å². The monoisotopic (exact) mass is 317 g/mol. The largest absolute Gasteiger partial charge is 0.481 e. The SMILES string of the molecule is C=CCC1(C(=O)O)CCCN(CC(=O)NCc2ccccn2)C1. The van der Waals surface area contributed by atoms with Crippen LogP contribution in [0.5, 0.6) is 0 Å². The summed E-state index contributed by atoms with van der Waals surface area (Å²) < 4.78 is 0. The molecule has 1 aliphatic rings. The number of hydrogen-bond donors (Lipinski definition) is 2. The summed E-state index contributed by atoms with van der Waals surface area (Å²) in [6.45, 7) is 5.37. The van der Waals surface area contributed by atoms with E-state index >= 15 is 0 Å². The normalized spacial score (nSPS) is 21.6. The minimum absolute atomic E-state index is 0.115. The molecule has 1 saturated heterocycles. The third-order valence-corrected chi connectivity index (χ3v) is 4.20. The van der Waals surface area contributed by atoms with Gasteiger partial charge in [0.15, 0.2) is 0 Å². The van der Waals surface area contributed by atoms with Crippen molar-refractivity contribution in [3.63, 3.8) is 0 Å². The molecule has 0 bridgehead atoms. The molecule has 1 aliphatic heterocycles. The summed E-state index contributed by atoms with van der Waals surface area (Å²) in [4.78, 5) is 29.8. The molecule has 0 aliphatic carbocycles. The number of aliphatic carboxylic acids is 1. The molecule has 2 N–H and O–H groups in total. The zero-order valence-corrected chi connectivity index (χ0v) is 13.2. The highest BCUT2D eigenvalue weighted by molar-refractivity contribution is 5.78. The van der Waals surface area contributed by atoms with E-state index in [1.165, 1.54) is 0 Å². The van der Waals surface area contributed by atoms with Gasteiger partial charge in [-0.05, 0) is 37.9 Å². The molecule has 0 aromatic carbocycles. The predicted octanol–water partition coefficient (Wildman–Crippen LogP) is 1.44. The van der Waals surface area contributed by atoms with E-state index in [2.05, 4.69) is 16.9 Å². The van der Waals surface area contributed by atoms with Crippen molar-refractivity contribution in [1.82, 2.24) is 15.2 Å². The lowest BCUT2D eigenvalue weighted by Gasteiger charge is -2.39. The van der Waals surface area contributed by atoms with Crippen LogP contribution in [0, 0.1) is 5.41 Å². The number of aromatic nitrogens is 1. The minimum atomic E-state index is -0.818. The van der Waals surface area contributed by atoms with E-state index in [9.17, 15) is 14.7 Å². The quantitative estimate of drug-likeness (QED) is 0.744. The molecule has 23 heavy (non-hydrogen) atoms. The van der Waals surface area contributed by atoms with E-state index in [4.69, 9.17) is 0 Å². The fourth-order valence-corrected chi connectivity index (χ4v) is 3.02. The molecular weight excluding hydrogens is 294 g/mol. The van der Waals surface area contributed by atoms with E-state index in [0.29, 0.717) is 25.9 Å². The van der Waals surface area contributed by atoms with E-state index in [1.54, 1.807) is 12.3 Å². The second kappa shape index (κ2) is 7.87. The van der Waals surface area contributed by atoms with Crippen molar-refractivity contribution >= 4 is 11.9 Å². The minimum Gasteiger partial charge on any atom is -0.481 e. The zero-order chi connectivity index (χ0) is 16.7. The van der Waals surface area contributed by atoms with Gasteiger partial charge in [-0.1, -0.05) is 12.1 Å². The smallest absolute Gasteiger partial charge is 0.311 e. The Hall–Kier alpha value is -2.21. The maximum atomic E-state index is 12.1. The van der Waals surface area contributed by atoms with Gasteiger partial charge >= 0.3 is 5.97 Å². The number of amides is 1. The van der Waals surface area contributed by atoms with E-state index in [0.717, 1.165) is 18.7 Å². The van der Waals surface area contributed by atoms with Gasteiger partial charge in [-0.25, -0.2) is 0 Å². The molecule has 1 amide bonds. The summed E-state index contributed by atoms with van der Waals surface area (Å²) in [5.74, 6) is -0.925. The van der Waals surface area contributed by atoms with Crippen molar-refractivity contribution in [2.24, 2.45) is 5.41 Å². The van der Waals surface area contributed by atoms with Crippen molar-refractivity contribution in [3.05, 3.63) is 42.7 Å². The number of hydrogen-bond acceptors (Lipinski definition) is 4. The first-order valence-electron chi connectivity index (χ1n) is 7.79. The summed E-state index contributed by atoms with van der Waals surface area (Å²) in [5, 5.41) is 12.4. The highest BCUT2D eigenvalue weighted by Crippen LogP contribution is 2.34. The summed E-state index contributed by atoms with van der Waals surface area (Å²) in [5.41, 5.74) is -0.0209. The fraction of sp³-hybridized carbons (Fsp3) is 0.471. The number of nitrogens with zero attached hydrogens (tertiary/aromatic N) is 2. The van der Waals surface area contributed by atoms with Crippen LogP contribution in [-0.2, 0) is 16.1 Å². The Morgan fingerprint density at radius 2 is 2.30 bits per heavy atom. The number of carboxylic acid groups (broad SMARTS) is 1. The van der Waals surface area contributed by atoms with Crippen LogP contribution in [0.15, 0.2) is 37.1 Å². The summed E-state index contributed by atoms with van der Waals surface area (Å²) in [6.07, 6.45) is 5.16. The van der Waals surface area contributed by atoms with Gasteiger partial charge in [-0.2, -0.15) is 0 Å². The van der Waals surface area contributed by atoms with E-state index in [-0.39, 0.29) is 12.5 Å². The number of carbonyl (C=O) groups is 2. The van der Waals surface area contributed by atoms with Gasteiger partial charge in [0.2, 0.25) is 5.91 Å². The molecular formula is C17H23N3O3. The molecule has 6 nitrogen and oxygen atoms in total. The predicted molar refractivity (Wildman–Crippen MR) is 86.6 cm³/mol. The standard InChI is InChI=1S/C17H23N3O3/c1-2-7-17(16(22)23)8-5-10-20(13-17)12-15(21)19-11-14-6-3-4-9-18-14/h2-4,6,9H,1,5,7-8,10-13H2,(H,19,21)(H,22,23). The Balaban J connectivity index is 1.87. The van der Waals surface area contributed by atoms with Crippen LogP contribution in [0.4, 0.5) is 0 Å². The molecule has 0 saturated carbocycles. The van der Waals surface area contributed by atoms with Crippen molar-refractivity contribution in [1.29, 1.82) is 0 Å². The Morgan fingerprint density at radius 1 is 1.48 bits per heavy atom. The highest BCUT2D eigenvalue weighted by Gasteiger charge is 2.41. The molecule has 1 atom stereocenters. The summed E-state index contributed by atoms with van der Waals surface area (Å²) in [7, 11) is 0. The van der Waals surface area contributed by atoms with Crippen LogP contribution in [0.25, 0.3) is 0 Å². The first kappa shape index (κ1) is 17.1. The molecule has 2 heterocycles. The number of carboxylic acids is 1. The number of nitrogens with one attached hydrogen (secondary N) is 1. The molecule has 1 unspecified atom stereocenters. The Kier molecular flexibility index (Phi) is 5.87. The van der Waals surface area contributed by atoms with Gasteiger partial charge in [-0.15, -0.1) is 6.58 Å². The summed E-state index contributed by atoms with van der Waals surface area (Å²) in [6, 6.07) is 5.54. The highest BCUT2D eigenvalue weighted by atomic mass is 16.4. The maximum absolute atomic E-state index is 12.1. The maximum Gasteiger partial charge on any atom is 0.311 e. The molecule has 1 aromatic rings. The van der Waals surface area contributed by atoms with Crippen LogP contribution in [0.1, 0.15) is 25.0 Å². The first-order chi connectivity index (χ1) is 11.1.